The van der Waals surface area contributed by atoms with Gasteiger partial charge in [-0.05, 0) is 31.0 Å². The van der Waals surface area contributed by atoms with Crippen molar-refractivity contribution < 1.29 is 9.53 Å². The van der Waals surface area contributed by atoms with Gasteiger partial charge in [-0.3, -0.25) is 9.69 Å². The molecule has 1 fully saturated rings. The quantitative estimate of drug-likeness (QED) is 0.763. The number of benzene rings is 1. The summed E-state index contributed by atoms with van der Waals surface area (Å²) in [7, 11) is 0. The second-order valence-corrected chi connectivity index (χ2v) is 9.37. The number of carbonyl (C=O) groups is 1. The lowest BCUT2D eigenvalue weighted by Gasteiger charge is -2.21. The molecule has 3 rings (SSSR count). The minimum atomic E-state index is 0.0621. The van der Waals surface area contributed by atoms with E-state index >= 15 is 0 Å². The number of thiazole rings is 1. The van der Waals surface area contributed by atoms with Gasteiger partial charge in [-0.15, -0.1) is 11.3 Å². The van der Waals surface area contributed by atoms with Gasteiger partial charge in [-0.25, -0.2) is 4.98 Å². The Hall–Kier alpha value is -1.92. The van der Waals surface area contributed by atoms with Crippen molar-refractivity contribution in [3.05, 3.63) is 45.9 Å². The molecular weight excluding hydrogens is 370 g/mol. The van der Waals surface area contributed by atoms with E-state index in [0.29, 0.717) is 0 Å². The summed E-state index contributed by atoms with van der Waals surface area (Å²) in [5.41, 5.74) is 2.37. The highest BCUT2D eigenvalue weighted by atomic mass is 32.1. The molecule has 1 aliphatic rings. The molecule has 2 heterocycles. The molecule has 1 aliphatic heterocycles. The van der Waals surface area contributed by atoms with E-state index in [4.69, 9.17) is 9.72 Å². The van der Waals surface area contributed by atoms with Crippen LogP contribution in [0, 0.1) is 6.92 Å². The maximum absolute atomic E-state index is 12.6. The predicted octanol–water partition coefficient (Wildman–Crippen LogP) is 3.86. The molecule has 28 heavy (non-hydrogen) atoms. The molecule has 0 unspecified atom stereocenters. The van der Waals surface area contributed by atoms with Gasteiger partial charge in [0.05, 0.1) is 10.7 Å². The second kappa shape index (κ2) is 9.05. The summed E-state index contributed by atoms with van der Waals surface area (Å²) >= 11 is 1.74. The lowest BCUT2D eigenvalue weighted by Crippen LogP contribution is -2.38. The molecule has 1 aromatic heterocycles. The molecule has 0 saturated carbocycles. The van der Waals surface area contributed by atoms with Crippen LogP contribution >= 0.6 is 11.3 Å². The highest BCUT2D eigenvalue weighted by molar-refractivity contribution is 7.09. The standard InChI is InChI=1S/C22H31N3O2S/c1-17-7-5-8-19(13-17)27-15-20(26)25-10-6-9-24(11-12-25)14-18-16-28-21(23-18)22(2,3)4/h5,7-8,13,16H,6,9-12,14-15H2,1-4H3. The number of nitrogens with zero attached hydrogens (tertiary/aromatic N) is 3. The minimum absolute atomic E-state index is 0.0621. The van der Waals surface area contributed by atoms with Crippen LogP contribution in [0.1, 0.15) is 43.5 Å². The summed E-state index contributed by atoms with van der Waals surface area (Å²) in [5, 5.41) is 3.35. The third kappa shape index (κ3) is 5.79. The average Bonchev–Trinajstić information content (AvgIpc) is 2.99. The Kier molecular flexibility index (Phi) is 6.73. The minimum Gasteiger partial charge on any atom is -0.484 e. The fraction of sp³-hybridized carbons (Fsp3) is 0.545. The predicted molar refractivity (Wildman–Crippen MR) is 114 cm³/mol. The molecular formula is C22H31N3O2S. The van der Waals surface area contributed by atoms with E-state index in [1.54, 1.807) is 11.3 Å². The topological polar surface area (TPSA) is 45.7 Å². The van der Waals surface area contributed by atoms with Crippen LogP contribution in [0.3, 0.4) is 0 Å². The second-order valence-electron chi connectivity index (χ2n) is 8.51. The maximum Gasteiger partial charge on any atom is 0.260 e. The first kappa shape index (κ1) is 20.8. The zero-order valence-electron chi connectivity index (χ0n) is 17.4. The van der Waals surface area contributed by atoms with Gasteiger partial charge in [0.15, 0.2) is 6.61 Å². The van der Waals surface area contributed by atoms with Crippen molar-refractivity contribution >= 4 is 17.2 Å². The molecule has 1 aromatic carbocycles. The number of carbonyl (C=O) groups excluding carboxylic acids is 1. The van der Waals surface area contributed by atoms with Gasteiger partial charge >= 0.3 is 0 Å². The molecule has 0 spiro atoms. The largest absolute Gasteiger partial charge is 0.484 e. The lowest BCUT2D eigenvalue weighted by atomic mass is 9.98. The van der Waals surface area contributed by atoms with E-state index in [-0.39, 0.29) is 17.9 Å². The van der Waals surface area contributed by atoms with Crippen molar-refractivity contribution in [2.24, 2.45) is 0 Å². The normalized spacial score (nSPS) is 16.1. The summed E-state index contributed by atoms with van der Waals surface area (Å²) in [5.74, 6) is 0.815. The smallest absolute Gasteiger partial charge is 0.260 e. The molecule has 0 N–H and O–H groups in total. The third-order valence-electron chi connectivity index (χ3n) is 4.87. The van der Waals surface area contributed by atoms with Crippen LogP contribution in [0.4, 0.5) is 0 Å². The van der Waals surface area contributed by atoms with Crippen molar-refractivity contribution in [2.75, 3.05) is 32.8 Å². The van der Waals surface area contributed by atoms with Crippen molar-refractivity contribution in [3.63, 3.8) is 0 Å². The van der Waals surface area contributed by atoms with Crippen LogP contribution in [0.5, 0.6) is 5.75 Å². The molecule has 0 radical (unpaired) electrons. The zero-order valence-corrected chi connectivity index (χ0v) is 18.2. The van der Waals surface area contributed by atoms with Crippen LogP contribution in [0.2, 0.25) is 0 Å². The fourth-order valence-corrected chi connectivity index (χ4v) is 4.17. The number of amides is 1. The number of aryl methyl sites for hydroxylation is 1. The number of rotatable bonds is 5. The number of hydrogen-bond acceptors (Lipinski definition) is 5. The first-order chi connectivity index (χ1) is 13.3. The average molecular weight is 402 g/mol. The van der Waals surface area contributed by atoms with Crippen LogP contribution in [-0.2, 0) is 16.8 Å². The third-order valence-corrected chi connectivity index (χ3v) is 6.19. The molecule has 1 saturated heterocycles. The lowest BCUT2D eigenvalue weighted by molar-refractivity contribution is -0.133. The summed E-state index contributed by atoms with van der Waals surface area (Å²) in [4.78, 5) is 21.7. The molecule has 2 aromatic rings. The van der Waals surface area contributed by atoms with E-state index in [2.05, 4.69) is 31.1 Å². The Labute approximate surface area is 172 Å². The molecule has 5 nitrogen and oxygen atoms in total. The molecule has 0 atom stereocenters. The highest BCUT2D eigenvalue weighted by Crippen LogP contribution is 2.26. The summed E-state index contributed by atoms with van der Waals surface area (Å²) < 4.78 is 5.69. The number of ether oxygens (including phenoxy) is 1. The van der Waals surface area contributed by atoms with E-state index < -0.39 is 0 Å². The van der Waals surface area contributed by atoms with Gasteiger partial charge in [0.1, 0.15) is 5.75 Å². The molecule has 0 bridgehead atoms. The molecule has 1 amide bonds. The molecule has 0 aliphatic carbocycles. The van der Waals surface area contributed by atoms with E-state index in [1.807, 2.05) is 36.1 Å². The summed E-state index contributed by atoms with van der Waals surface area (Å²) in [6.45, 7) is 13.0. The molecule has 152 valence electrons. The Morgan fingerprint density at radius 3 is 2.75 bits per heavy atom. The number of hydrogen-bond donors (Lipinski definition) is 0. The van der Waals surface area contributed by atoms with E-state index in [9.17, 15) is 4.79 Å². The Morgan fingerprint density at radius 1 is 1.21 bits per heavy atom. The summed E-state index contributed by atoms with van der Waals surface area (Å²) in [6, 6.07) is 7.81. The highest BCUT2D eigenvalue weighted by Gasteiger charge is 2.22. The first-order valence-electron chi connectivity index (χ1n) is 9.96. The first-order valence-corrected chi connectivity index (χ1v) is 10.8. The van der Waals surface area contributed by atoms with Crippen molar-refractivity contribution in [3.8, 4) is 5.75 Å². The van der Waals surface area contributed by atoms with E-state index in [1.165, 1.54) is 5.01 Å². The van der Waals surface area contributed by atoms with Gasteiger partial charge in [0, 0.05) is 43.5 Å². The SMILES string of the molecule is Cc1cccc(OCC(=O)N2CCCN(Cc3csc(C(C)(C)C)n3)CC2)c1. The van der Waals surface area contributed by atoms with Crippen LogP contribution in [0.15, 0.2) is 29.6 Å². The van der Waals surface area contributed by atoms with E-state index in [0.717, 1.165) is 56.2 Å². The van der Waals surface area contributed by atoms with Gasteiger partial charge < -0.3 is 9.64 Å². The van der Waals surface area contributed by atoms with Crippen molar-refractivity contribution in [1.82, 2.24) is 14.8 Å². The zero-order chi connectivity index (χ0) is 20.1. The van der Waals surface area contributed by atoms with Gasteiger partial charge in [0.2, 0.25) is 0 Å². The molecule has 6 heteroatoms. The van der Waals surface area contributed by atoms with Crippen molar-refractivity contribution in [1.29, 1.82) is 0 Å². The Bertz CT molecular complexity index is 797. The van der Waals surface area contributed by atoms with Crippen molar-refractivity contribution in [2.45, 2.75) is 46.1 Å². The van der Waals surface area contributed by atoms with Gasteiger partial charge in [-0.1, -0.05) is 32.9 Å². The Balaban J connectivity index is 1.48. The van der Waals surface area contributed by atoms with Crippen LogP contribution in [0.25, 0.3) is 0 Å². The van der Waals surface area contributed by atoms with Gasteiger partial charge in [-0.2, -0.15) is 0 Å². The summed E-state index contributed by atoms with van der Waals surface area (Å²) in [6.07, 6.45) is 0.979. The maximum atomic E-state index is 12.6. The van der Waals surface area contributed by atoms with Crippen LogP contribution < -0.4 is 4.74 Å². The Morgan fingerprint density at radius 2 is 2.04 bits per heavy atom. The number of aromatic nitrogens is 1. The van der Waals surface area contributed by atoms with Crippen LogP contribution in [-0.4, -0.2) is 53.5 Å². The van der Waals surface area contributed by atoms with Gasteiger partial charge in [0.25, 0.3) is 5.91 Å². The monoisotopic (exact) mass is 401 g/mol. The fourth-order valence-electron chi connectivity index (χ4n) is 3.27.